The molecule has 0 aliphatic rings. The fourth-order valence-corrected chi connectivity index (χ4v) is 2.66. The smallest absolute Gasteiger partial charge is 0.329 e. The molecule has 0 aliphatic heterocycles. The van der Waals surface area contributed by atoms with E-state index in [4.69, 9.17) is 37.4 Å². The molecule has 0 saturated carbocycles. The van der Waals surface area contributed by atoms with Gasteiger partial charge < -0.3 is 24.8 Å². The second-order valence-corrected chi connectivity index (χ2v) is 7.14. The summed E-state index contributed by atoms with van der Waals surface area (Å²) >= 11 is 11.8. The zero-order valence-corrected chi connectivity index (χ0v) is 19.3. The van der Waals surface area contributed by atoms with Gasteiger partial charge in [0.1, 0.15) is 0 Å². The van der Waals surface area contributed by atoms with E-state index in [9.17, 15) is 14.4 Å². The highest BCUT2D eigenvalue weighted by molar-refractivity contribution is 6.42. The standard InChI is InChI=1S/C21H22Cl2N4O6/c1-31-8-7-24-20(29)21(30)27-25-11-13-3-6-17(18(9-13)32-2)33-12-19(28)26-14-4-5-15(22)16(23)10-14/h3-6,9-11H,7-8,12H2,1-2H3,(H,24,29)(H,26,28)(H,27,30)/b25-11-. The lowest BCUT2D eigenvalue weighted by molar-refractivity contribution is -0.139. The second-order valence-electron chi connectivity index (χ2n) is 6.32. The number of carbonyl (C=O) groups excluding carboxylic acids is 3. The summed E-state index contributed by atoms with van der Waals surface area (Å²) in [7, 11) is 2.92. The first kappa shape index (κ1) is 25.9. The average molecular weight is 497 g/mol. The molecule has 0 heterocycles. The van der Waals surface area contributed by atoms with Gasteiger partial charge in [0.05, 0.1) is 30.0 Å². The van der Waals surface area contributed by atoms with Crippen LogP contribution in [-0.2, 0) is 19.1 Å². The summed E-state index contributed by atoms with van der Waals surface area (Å²) in [6.45, 7) is 0.211. The van der Waals surface area contributed by atoms with Crippen LogP contribution in [0, 0.1) is 0 Å². The molecule has 0 bridgehead atoms. The van der Waals surface area contributed by atoms with Crippen LogP contribution in [0.1, 0.15) is 5.56 Å². The maximum absolute atomic E-state index is 12.1. The lowest BCUT2D eigenvalue weighted by atomic mass is 10.2. The van der Waals surface area contributed by atoms with Crippen LogP contribution >= 0.6 is 23.2 Å². The third kappa shape index (κ3) is 8.60. The van der Waals surface area contributed by atoms with E-state index >= 15 is 0 Å². The van der Waals surface area contributed by atoms with Gasteiger partial charge in [-0.25, -0.2) is 5.43 Å². The molecule has 33 heavy (non-hydrogen) atoms. The van der Waals surface area contributed by atoms with Crippen LogP contribution < -0.4 is 25.5 Å². The van der Waals surface area contributed by atoms with Crippen molar-refractivity contribution in [1.29, 1.82) is 0 Å². The van der Waals surface area contributed by atoms with Gasteiger partial charge in [-0.1, -0.05) is 23.2 Å². The summed E-state index contributed by atoms with van der Waals surface area (Å²) in [6.07, 6.45) is 1.32. The van der Waals surface area contributed by atoms with E-state index in [0.717, 1.165) is 0 Å². The number of hydrogen-bond donors (Lipinski definition) is 3. The van der Waals surface area contributed by atoms with Crippen LogP contribution in [0.3, 0.4) is 0 Å². The lowest BCUT2D eigenvalue weighted by Gasteiger charge is -2.11. The minimum Gasteiger partial charge on any atom is -0.493 e. The Morgan fingerprint density at radius 2 is 1.79 bits per heavy atom. The molecule has 0 aliphatic carbocycles. The van der Waals surface area contributed by atoms with Crippen molar-refractivity contribution in [1.82, 2.24) is 10.7 Å². The van der Waals surface area contributed by atoms with Crippen LogP contribution in [0.25, 0.3) is 0 Å². The molecule has 2 aromatic carbocycles. The van der Waals surface area contributed by atoms with E-state index in [2.05, 4.69) is 21.2 Å². The Morgan fingerprint density at radius 1 is 1.00 bits per heavy atom. The van der Waals surface area contributed by atoms with E-state index in [1.54, 1.807) is 30.3 Å². The van der Waals surface area contributed by atoms with Crippen molar-refractivity contribution < 1.29 is 28.6 Å². The Morgan fingerprint density at radius 3 is 2.48 bits per heavy atom. The highest BCUT2D eigenvalue weighted by Crippen LogP contribution is 2.28. The molecule has 3 amide bonds. The SMILES string of the molecule is COCCNC(=O)C(=O)N/N=C\c1ccc(OCC(=O)Nc2ccc(Cl)c(Cl)c2)c(OC)c1. The molecule has 0 unspecified atom stereocenters. The fourth-order valence-electron chi connectivity index (χ4n) is 2.36. The van der Waals surface area contributed by atoms with Crippen LogP contribution in [0.4, 0.5) is 5.69 Å². The van der Waals surface area contributed by atoms with Gasteiger partial charge in [-0.05, 0) is 42.0 Å². The van der Waals surface area contributed by atoms with Crippen LogP contribution in [0.15, 0.2) is 41.5 Å². The molecule has 0 aromatic heterocycles. The number of ether oxygens (including phenoxy) is 3. The Kier molecular flexibility index (Phi) is 10.4. The van der Waals surface area contributed by atoms with Crippen molar-refractivity contribution in [3.8, 4) is 11.5 Å². The highest BCUT2D eigenvalue weighted by Gasteiger charge is 2.12. The van der Waals surface area contributed by atoms with Crippen LogP contribution in [-0.4, -0.2) is 57.9 Å². The van der Waals surface area contributed by atoms with Gasteiger partial charge in [-0.2, -0.15) is 5.10 Å². The third-order valence-electron chi connectivity index (χ3n) is 3.93. The predicted molar refractivity (Wildman–Crippen MR) is 124 cm³/mol. The summed E-state index contributed by atoms with van der Waals surface area (Å²) in [5.74, 6) is -1.50. The number of nitrogens with one attached hydrogen (secondary N) is 3. The molecule has 0 saturated heterocycles. The minimum absolute atomic E-state index is 0.205. The van der Waals surface area contributed by atoms with Gasteiger partial charge in [0.2, 0.25) is 0 Å². The topological polar surface area (TPSA) is 127 Å². The molecule has 0 spiro atoms. The number of carbonyl (C=O) groups is 3. The number of amides is 3. The number of nitrogens with zero attached hydrogens (tertiary/aromatic N) is 1. The Bertz CT molecular complexity index is 1030. The van der Waals surface area contributed by atoms with Gasteiger partial charge in [-0.3, -0.25) is 14.4 Å². The molecule has 12 heteroatoms. The Hall–Kier alpha value is -3.34. The third-order valence-corrected chi connectivity index (χ3v) is 4.67. The van der Waals surface area contributed by atoms with Gasteiger partial charge >= 0.3 is 11.8 Å². The molecule has 2 aromatic rings. The first-order chi connectivity index (χ1) is 15.8. The zero-order chi connectivity index (χ0) is 24.2. The maximum Gasteiger partial charge on any atom is 0.329 e. The molecule has 2 rings (SSSR count). The van der Waals surface area contributed by atoms with E-state index in [0.29, 0.717) is 32.8 Å². The minimum atomic E-state index is -0.915. The number of methoxy groups -OCH3 is 2. The molecular weight excluding hydrogens is 475 g/mol. The van der Waals surface area contributed by atoms with Crippen molar-refractivity contribution in [3.05, 3.63) is 52.0 Å². The number of hydrazone groups is 1. The summed E-state index contributed by atoms with van der Waals surface area (Å²) in [6, 6.07) is 9.50. The number of hydrogen-bond acceptors (Lipinski definition) is 7. The van der Waals surface area contributed by atoms with E-state index in [1.807, 2.05) is 0 Å². The Labute approximate surface area is 200 Å². The largest absolute Gasteiger partial charge is 0.493 e. The summed E-state index contributed by atoms with van der Waals surface area (Å²) < 4.78 is 15.6. The summed E-state index contributed by atoms with van der Waals surface area (Å²) in [5.41, 5.74) is 3.15. The number of anilines is 1. The van der Waals surface area contributed by atoms with Gasteiger partial charge in [0, 0.05) is 19.3 Å². The molecule has 3 N–H and O–H groups in total. The maximum atomic E-state index is 12.1. The van der Waals surface area contributed by atoms with E-state index in [-0.39, 0.29) is 19.8 Å². The monoisotopic (exact) mass is 496 g/mol. The number of rotatable bonds is 10. The second kappa shape index (κ2) is 13.3. The Balaban J connectivity index is 1.89. The van der Waals surface area contributed by atoms with Gasteiger partial charge in [0.25, 0.3) is 5.91 Å². The summed E-state index contributed by atoms with van der Waals surface area (Å²) in [4.78, 5) is 35.3. The fraction of sp³-hybridized carbons (Fsp3) is 0.238. The highest BCUT2D eigenvalue weighted by atomic mass is 35.5. The van der Waals surface area contributed by atoms with Gasteiger partial charge in [-0.15, -0.1) is 0 Å². The van der Waals surface area contributed by atoms with E-state index in [1.165, 1.54) is 26.5 Å². The van der Waals surface area contributed by atoms with Crippen molar-refractivity contribution in [2.75, 3.05) is 39.3 Å². The molecular formula is C21H22Cl2N4O6. The predicted octanol–water partition coefficient (Wildman–Crippen LogP) is 2.23. The number of benzene rings is 2. The molecule has 176 valence electrons. The lowest BCUT2D eigenvalue weighted by Crippen LogP contribution is -2.39. The van der Waals surface area contributed by atoms with Crippen molar-refractivity contribution in [2.24, 2.45) is 5.10 Å². The first-order valence-electron chi connectivity index (χ1n) is 9.50. The van der Waals surface area contributed by atoms with Crippen LogP contribution in [0.5, 0.6) is 11.5 Å². The molecule has 10 nitrogen and oxygen atoms in total. The normalized spacial score (nSPS) is 10.5. The molecule has 0 atom stereocenters. The van der Waals surface area contributed by atoms with Gasteiger partial charge in [0.15, 0.2) is 18.1 Å². The summed E-state index contributed by atoms with van der Waals surface area (Å²) in [5, 5.41) is 9.44. The quantitative estimate of drug-likeness (QED) is 0.200. The molecule has 0 radical (unpaired) electrons. The van der Waals surface area contributed by atoms with E-state index < -0.39 is 17.7 Å². The zero-order valence-electron chi connectivity index (χ0n) is 17.8. The van der Waals surface area contributed by atoms with Crippen LogP contribution in [0.2, 0.25) is 10.0 Å². The van der Waals surface area contributed by atoms with Crippen molar-refractivity contribution >= 4 is 52.8 Å². The average Bonchev–Trinajstić information content (AvgIpc) is 2.80. The number of halogens is 2. The van der Waals surface area contributed by atoms with Crippen molar-refractivity contribution in [3.63, 3.8) is 0 Å². The first-order valence-corrected chi connectivity index (χ1v) is 10.3. The van der Waals surface area contributed by atoms with Crippen molar-refractivity contribution in [2.45, 2.75) is 0 Å². The molecule has 0 fully saturated rings.